The summed E-state index contributed by atoms with van der Waals surface area (Å²) in [6, 6.07) is 6.97. The number of hydrogen-bond donors (Lipinski definition) is 0. The molecule has 7 nitrogen and oxygen atoms in total. The molecule has 0 unspecified atom stereocenters. The van der Waals surface area contributed by atoms with E-state index in [1.54, 1.807) is 16.7 Å². The Morgan fingerprint density at radius 2 is 2.00 bits per heavy atom. The van der Waals surface area contributed by atoms with Crippen LogP contribution in [0.5, 0.6) is 0 Å². The van der Waals surface area contributed by atoms with Crippen molar-refractivity contribution in [3.05, 3.63) is 65.9 Å². The molecule has 0 aliphatic carbocycles. The van der Waals surface area contributed by atoms with Crippen LogP contribution < -0.4 is 4.80 Å². The summed E-state index contributed by atoms with van der Waals surface area (Å²) in [5, 5.41) is 12.0. The van der Waals surface area contributed by atoms with Crippen LogP contribution in [0.1, 0.15) is 17.3 Å². The summed E-state index contributed by atoms with van der Waals surface area (Å²) in [5.41, 5.74) is 0.375. The van der Waals surface area contributed by atoms with Gasteiger partial charge in [0.05, 0.1) is 37.4 Å². The highest BCUT2D eigenvalue weighted by molar-refractivity contribution is 7.16. The lowest BCUT2D eigenvalue weighted by atomic mass is 10.2. The highest BCUT2D eigenvalue weighted by Crippen LogP contribution is 2.30. The molecule has 0 atom stereocenters. The first-order valence-electron chi connectivity index (χ1n) is 8.41. The number of non-ortho nitro benzene ring substituents is 1. The molecule has 3 aromatic rings. The monoisotopic (exact) mass is 473 g/mol. The van der Waals surface area contributed by atoms with Gasteiger partial charge in [-0.2, -0.15) is 4.99 Å². The van der Waals surface area contributed by atoms with Crippen molar-refractivity contribution < 1.29 is 14.5 Å². The molecule has 0 fully saturated rings. The number of thiazole rings is 1. The van der Waals surface area contributed by atoms with E-state index in [0.29, 0.717) is 40.1 Å². The van der Waals surface area contributed by atoms with Crippen molar-refractivity contribution in [2.45, 2.75) is 13.5 Å². The van der Waals surface area contributed by atoms with Gasteiger partial charge in [0, 0.05) is 30.3 Å². The molecule has 0 saturated carbocycles. The minimum absolute atomic E-state index is 0.0567. The van der Waals surface area contributed by atoms with E-state index in [4.69, 9.17) is 39.5 Å². The fourth-order valence-corrected chi connectivity index (χ4v) is 4.70. The van der Waals surface area contributed by atoms with Gasteiger partial charge < -0.3 is 9.30 Å². The summed E-state index contributed by atoms with van der Waals surface area (Å²) in [6.07, 6.45) is 0. The fraction of sp³-hybridized carbons (Fsp3) is 0.222. The van der Waals surface area contributed by atoms with Crippen molar-refractivity contribution in [1.82, 2.24) is 4.57 Å². The van der Waals surface area contributed by atoms with Gasteiger partial charge >= 0.3 is 0 Å². The number of nitrogens with zero attached hydrogens (tertiary/aromatic N) is 3. The maximum Gasteiger partial charge on any atom is 0.281 e. The maximum absolute atomic E-state index is 12.7. The number of carbonyl (C=O) groups excluding carboxylic acids is 1. The van der Waals surface area contributed by atoms with Crippen LogP contribution in [0.25, 0.3) is 10.2 Å². The Morgan fingerprint density at radius 3 is 2.69 bits per heavy atom. The molecule has 0 saturated heterocycles. The molecule has 11 heteroatoms. The normalized spacial score (nSPS) is 11.9. The van der Waals surface area contributed by atoms with Gasteiger partial charge in [-0.15, -0.1) is 0 Å². The number of hydrogen-bond acceptors (Lipinski definition) is 5. The number of rotatable bonds is 6. The Morgan fingerprint density at radius 1 is 1.24 bits per heavy atom. The number of nitro benzene ring substituents is 1. The molecule has 29 heavy (non-hydrogen) atoms. The second-order valence-corrected chi connectivity index (χ2v) is 8.07. The van der Waals surface area contributed by atoms with Gasteiger partial charge in [0.2, 0.25) is 0 Å². The van der Waals surface area contributed by atoms with Crippen LogP contribution in [0.4, 0.5) is 5.69 Å². The lowest BCUT2D eigenvalue weighted by Crippen LogP contribution is -2.20. The van der Waals surface area contributed by atoms with E-state index in [0.717, 1.165) is 10.8 Å². The molecule has 0 radical (unpaired) electrons. The average Bonchev–Trinajstić information content (AvgIpc) is 2.99. The van der Waals surface area contributed by atoms with Crippen LogP contribution in [0.15, 0.2) is 35.3 Å². The van der Waals surface area contributed by atoms with Gasteiger partial charge in [-0.25, -0.2) is 0 Å². The lowest BCUT2D eigenvalue weighted by molar-refractivity contribution is -0.384. The molecule has 0 aliphatic rings. The van der Waals surface area contributed by atoms with Crippen LogP contribution >= 0.6 is 46.1 Å². The van der Waals surface area contributed by atoms with Crippen molar-refractivity contribution in [1.29, 1.82) is 0 Å². The molecule has 1 heterocycles. The van der Waals surface area contributed by atoms with Gasteiger partial charge in [0.25, 0.3) is 11.6 Å². The zero-order valence-corrected chi connectivity index (χ0v) is 18.1. The molecular weight excluding hydrogens is 461 g/mol. The van der Waals surface area contributed by atoms with E-state index in [2.05, 4.69) is 4.99 Å². The van der Waals surface area contributed by atoms with Crippen molar-refractivity contribution >= 4 is 68.0 Å². The summed E-state index contributed by atoms with van der Waals surface area (Å²) in [4.78, 5) is 27.7. The zero-order valence-electron chi connectivity index (χ0n) is 15.0. The number of halogens is 3. The Kier molecular flexibility index (Phi) is 6.92. The van der Waals surface area contributed by atoms with E-state index in [1.807, 2.05) is 6.92 Å². The summed E-state index contributed by atoms with van der Waals surface area (Å²) in [7, 11) is 0. The van der Waals surface area contributed by atoms with E-state index in [9.17, 15) is 14.9 Å². The Labute approximate surface area is 184 Å². The number of carbonyl (C=O) groups is 1. The standard InChI is InChI=1S/C18H14Cl3N3O4S/c1-2-28-6-5-23-16-14(21)7-10(19)8-15(16)29-18(23)22-17(25)12-9-11(24(26)27)3-4-13(12)20/h3-4,7-9H,2,5-6H2,1H3. The summed E-state index contributed by atoms with van der Waals surface area (Å²) >= 11 is 19.7. The first-order valence-corrected chi connectivity index (χ1v) is 10.4. The Balaban J connectivity index is 2.15. The van der Waals surface area contributed by atoms with E-state index in [1.165, 1.54) is 23.5 Å². The number of nitro groups is 1. The van der Waals surface area contributed by atoms with Crippen LogP contribution in [-0.2, 0) is 11.3 Å². The second kappa shape index (κ2) is 9.23. The van der Waals surface area contributed by atoms with Gasteiger partial charge in [-0.1, -0.05) is 46.1 Å². The average molecular weight is 475 g/mol. The van der Waals surface area contributed by atoms with Crippen LogP contribution in [0.3, 0.4) is 0 Å². The topological polar surface area (TPSA) is 86.7 Å². The van der Waals surface area contributed by atoms with Crippen LogP contribution in [-0.4, -0.2) is 28.6 Å². The molecule has 0 N–H and O–H groups in total. The molecular formula is C18H14Cl3N3O4S. The van der Waals surface area contributed by atoms with Crippen molar-refractivity contribution in [2.24, 2.45) is 4.99 Å². The largest absolute Gasteiger partial charge is 0.380 e. The number of amides is 1. The highest BCUT2D eigenvalue weighted by atomic mass is 35.5. The minimum Gasteiger partial charge on any atom is -0.380 e. The third-order valence-corrected chi connectivity index (χ3v) is 5.81. The maximum atomic E-state index is 12.7. The van der Waals surface area contributed by atoms with Gasteiger partial charge in [-0.3, -0.25) is 14.9 Å². The fourth-order valence-electron chi connectivity index (χ4n) is 2.66. The Bertz CT molecular complexity index is 1170. The highest BCUT2D eigenvalue weighted by Gasteiger charge is 2.17. The number of ether oxygens (including phenoxy) is 1. The predicted molar refractivity (Wildman–Crippen MR) is 114 cm³/mol. The third-order valence-electron chi connectivity index (χ3n) is 3.95. The Hall–Kier alpha value is -1.97. The zero-order chi connectivity index (χ0) is 21.1. The quantitative estimate of drug-likeness (QED) is 0.274. The molecule has 0 aliphatic heterocycles. The van der Waals surface area contributed by atoms with Crippen LogP contribution in [0, 0.1) is 10.1 Å². The summed E-state index contributed by atoms with van der Waals surface area (Å²) in [6.45, 7) is 3.21. The van der Waals surface area contributed by atoms with E-state index >= 15 is 0 Å². The van der Waals surface area contributed by atoms with Gasteiger partial charge in [0.15, 0.2) is 4.80 Å². The van der Waals surface area contributed by atoms with Crippen molar-refractivity contribution in [3.8, 4) is 0 Å². The van der Waals surface area contributed by atoms with Crippen LogP contribution in [0.2, 0.25) is 15.1 Å². The molecule has 0 spiro atoms. The SMILES string of the molecule is CCOCCn1c(=NC(=O)c2cc([N+](=O)[O-])ccc2Cl)sc2cc(Cl)cc(Cl)c21. The predicted octanol–water partition coefficient (Wildman–Crippen LogP) is 5.35. The number of fused-ring (bicyclic) bond motifs is 1. The summed E-state index contributed by atoms with van der Waals surface area (Å²) < 4.78 is 7.92. The molecule has 152 valence electrons. The molecule has 2 aromatic carbocycles. The molecule has 3 rings (SSSR count). The second-order valence-electron chi connectivity index (χ2n) is 5.81. The smallest absolute Gasteiger partial charge is 0.281 e. The lowest BCUT2D eigenvalue weighted by Gasteiger charge is -2.07. The molecule has 1 aromatic heterocycles. The minimum atomic E-state index is -0.697. The number of benzene rings is 2. The van der Waals surface area contributed by atoms with Gasteiger partial charge in [-0.05, 0) is 25.1 Å². The van der Waals surface area contributed by atoms with Crippen molar-refractivity contribution in [3.63, 3.8) is 0 Å². The molecule has 1 amide bonds. The molecule has 0 bridgehead atoms. The third kappa shape index (κ3) is 4.79. The van der Waals surface area contributed by atoms with Gasteiger partial charge in [0.1, 0.15) is 0 Å². The van der Waals surface area contributed by atoms with E-state index < -0.39 is 10.8 Å². The summed E-state index contributed by atoms with van der Waals surface area (Å²) in [5.74, 6) is -0.697. The first kappa shape index (κ1) is 21.7. The number of aromatic nitrogens is 1. The first-order chi connectivity index (χ1) is 13.8. The van der Waals surface area contributed by atoms with Crippen molar-refractivity contribution in [2.75, 3.05) is 13.2 Å². The van der Waals surface area contributed by atoms with E-state index in [-0.39, 0.29) is 16.3 Å².